The molecule has 0 bridgehead atoms. The molecule has 8 nitrogen and oxygen atoms in total. The van der Waals surface area contributed by atoms with E-state index in [0.29, 0.717) is 17.3 Å². The van der Waals surface area contributed by atoms with Gasteiger partial charge in [0.2, 0.25) is 10.0 Å². The lowest BCUT2D eigenvalue weighted by molar-refractivity contribution is -0.944. The Hall–Kier alpha value is -2.36. The standard InChI is InChI=1S/C21H27N3O5S/c1-3-15-6-4-5-11-24(15)14-17-8-7-16(28-17)13-22-30(26,27)18-9-10-19-20(12-18)29-21(25)23(19)2/h7-10,12,15,22H,3-6,11,13-14H2,1-2H3/p+1/t15-/m1/s1. The summed E-state index contributed by atoms with van der Waals surface area (Å²) in [6, 6.07) is 8.80. The van der Waals surface area contributed by atoms with Crippen LogP contribution in [0.4, 0.5) is 0 Å². The molecule has 1 aliphatic heterocycles. The zero-order valence-electron chi connectivity index (χ0n) is 17.3. The van der Waals surface area contributed by atoms with E-state index in [9.17, 15) is 13.2 Å². The van der Waals surface area contributed by atoms with Gasteiger partial charge < -0.3 is 13.7 Å². The number of fused-ring (bicyclic) bond motifs is 1. The molecule has 0 amide bonds. The molecule has 1 unspecified atom stereocenters. The monoisotopic (exact) mass is 434 g/mol. The molecule has 9 heteroatoms. The van der Waals surface area contributed by atoms with Crippen LogP contribution in [-0.2, 0) is 30.2 Å². The largest absolute Gasteiger partial charge is 0.459 e. The molecule has 1 aliphatic rings. The minimum atomic E-state index is -3.77. The van der Waals surface area contributed by atoms with Crippen LogP contribution in [0.1, 0.15) is 44.1 Å². The van der Waals surface area contributed by atoms with Crippen molar-refractivity contribution < 1.29 is 22.2 Å². The Bertz CT molecular complexity index is 1190. The molecule has 2 N–H and O–H groups in total. The summed E-state index contributed by atoms with van der Waals surface area (Å²) in [4.78, 5) is 13.2. The number of oxazole rings is 1. The third-order valence-corrected chi connectivity index (χ3v) is 7.40. The molecule has 0 radical (unpaired) electrons. The van der Waals surface area contributed by atoms with Gasteiger partial charge >= 0.3 is 5.76 Å². The lowest BCUT2D eigenvalue weighted by atomic mass is 10.00. The van der Waals surface area contributed by atoms with Gasteiger partial charge in [-0.1, -0.05) is 6.92 Å². The fourth-order valence-electron chi connectivity index (χ4n) is 4.24. The number of nitrogens with zero attached hydrogens (tertiary/aromatic N) is 1. The lowest BCUT2D eigenvalue weighted by Gasteiger charge is -2.31. The predicted molar refractivity (Wildman–Crippen MR) is 112 cm³/mol. The summed E-state index contributed by atoms with van der Waals surface area (Å²) >= 11 is 0. The van der Waals surface area contributed by atoms with Gasteiger partial charge in [-0.25, -0.2) is 17.9 Å². The summed E-state index contributed by atoms with van der Waals surface area (Å²) in [5.41, 5.74) is 0.779. The van der Waals surface area contributed by atoms with E-state index < -0.39 is 15.8 Å². The molecule has 3 heterocycles. The number of sulfonamides is 1. The Morgan fingerprint density at radius 2 is 1.97 bits per heavy atom. The Morgan fingerprint density at radius 1 is 1.17 bits per heavy atom. The number of hydrogen-bond acceptors (Lipinski definition) is 5. The average molecular weight is 435 g/mol. The van der Waals surface area contributed by atoms with Gasteiger partial charge in [0.05, 0.1) is 29.5 Å². The van der Waals surface area contributed by atoms with Gasteiger partial charge in [-0.3, -0.25) is 4.57 Å². The topological polar surface area (TPSA) is 98.9 Å². The molecule has 2 atom stereocenters. The number of piperidine rings is 1. The maximum absolute atomic E-state index is 12.7. The molecule has 1 aromatic carbocycles. The number of nitrogens with one attached hydrogen (secondary N) is 2. The van der Waals surface area contributed by atoms with Crippen molar-refractivity contribution in [1.82, 2.24) is 9.29 Å². The maximum Gasteiger partial charge on any atom is 0.419 e. The van der Waals surface area contributed by atoms with Crippen molar-refractivity contribution in [3.63, 3.8) is 0 Å². The smallest absolute Gasteiger partial charge is 0.419 e. The molecular formula is C21H28N3O5S+. The SMILES string of the molecule is CC[C@@H]1CCCC[NH+]1Cc1ccc(CNS(=O)(=O)c2ccc3c(c2)oc(=O)n3C)o1. The van der Waals surface area contributed by atoms with Crippen LogP contribution in [0.15, 0.2) is 48.9 Å². The van der Waals surface area contributed by atoms with Crippen LogP contribution in [0.3, 0.4) is 0 Å². The Kier molecular flexibility index (Phi) is 5.86. The number of quaternary nitrogens is 1. The number of furan rings is 1. The third-order valence-electron chi connectivity index (χ3n) is 6.00. The lowest BCUT2D eigenvalue weighted by Crippen LogP contribution is -3.15. The highest BCUT2D eigenvalue weighted by atomic mass is 32.2. The minimum Gasteiger partial charge on any atom is -0.459 e. The Morgan fingerprint density at radius 3 is 2.77 bits per heavy atom. The summed E-state index contributed by atoms with van der Waals surface area (Å²) < 4.78 is 40.2. The van der Waals surface area contributed by atoms with Gasteiger partial charge in [-0.2, -0.15) is 0 Å². The summed E-state index contributed by atoms with van der Waals surface area (Å²) in [5, 5.41) is 0. The van der Waals surface area contributed by atoms with Gasteiger partial charge in [-0.05, 0) is 49.9 Å². The summed E-state index contributed by atoms with van der Waals surface area (Å²) in [5.74, 6) is 0.925. The zero-order valence-corrected chi connectivity index (χ0v) is 18.1. The molecule has 2 aromatic heterocycles. The van der Waals surface area contributed by atoms with Gasteiger partial charge in [0.25, 0.3) is 0 Å². The van der Waals surface area contributed by atoms with E-state index in [4.69, 9.17) is 8.83 Å². The molecule has 0 aliphatic carbocycles. The third kappa shape index (κ3) is 4.23. The van der Waals surface area contributed by atoms with Crippen molar-refractivity contribution in [3.8, 4) is 0 Å². The van der Waals surface area contributed by atoms with Gasteiger partial charge in [0, 0.05) is 13.1 Å². The van der Waals surface area contributed by atoms with Crippen LogP contribution >= 0.6 is 0 Å². The first-order chi connectivity index (χ1) is 14.4. The normalized spacial score (nSPS) is 20.1. The van der Waals surface area contributed by atoms with Gasteiger partial charge in [-0.15, -0.1) is 0 Å². The van der Waals surface area contributed by atoms with Crippen LogP contribution in [-0.4, -0.2) is 25.6 Å². The molecule has 30 heavy (non-hydrogen) atoms. The number of likely N-dealkylation sites (tertiary alicyclic amines) is 1. The summed E-state index contributed by atoms with van der Waals surface area (Å²) in [7, 11) is -2.20. The van der Waals surface area contributed by atoms with E-state index in [1.54, 1.807) is 18.0 Å². The molecule has 0 saturated carbocycles. The van der Waals surface area contributed by atoms with Crippen molar-refractivity contribution in [2.75, 3.05) is 6.54 Å². The first-order valence-electron chi connectivity index (χ1n) is 10.4. The number of aromatic nitrogens is 1. The van der Waals surface area contributed by atoms with Crippen molar-refractivity contribution in [2.45, 2.75) is 56.6 Å². The van der Waals surface area contributed by atoms with Crippen LogP contribution in [0.5, 0.6) is 0 Å². The molecule has 1 fully saturated rings. The highest BCUT2D eigenvalue weighted by Crippen LogP contribution is 2.18. The van der Waals surface area contributed by atoms with Crippen molar-refractivity contribution >= 4 is 21.1 Å². The van der Waals surface area contributed by atoms with Crippen LogP contribution < -0.4 is 15.4 Å². The number of benzene rings is 1. The van der Waals surface area contributed by atoms with E-state index in [2.05, 4.69) is 11.6 Å². The zero-order chi connectivity index (χ0) is 21.3. The molecule has 4 rings (SSSR count). The fraction of sp³-hybridized carbons (Fsp3) is 0.476. The fourth-order valence-corrected chi connectivity index (χ4v) is 5.25. The van der Waals surface area contributed by atoms with Crippen molar-refractivity contribution in [3.05, 3.63) is 52.4 Å². The number of rotatable bonds is 7. The minimum absolute atomic E-state index is 0.0414. The highest BCUT2D eigenvalue weighted by Gasteiger charge is 2.25. The molecular weight excluding hydrogens is 406 g/mol. The summed E-state index contributed by atoms with van der Waals surface area (Å²) in [6.07, 6.45) is 4.95. The second-order valence-corrected chi connectivity index (χ2v) is 9.70. The quantitative estimate of drug-likeness (QED) is 0.588. The van der Waals surface area contributed by atoms with E-state index in [0.717, 1.165) is 25.3 Å². The van der Waals surface area contributed by atoms with Crippen LogP contribution in [0.2, 0.25) is 0 Å². The maximum atomic E-state index is 12.7. The molecule has 1 saturated heterocycles. The number of hydrogen-bond donors (Lipinski definition) is 2. The second kappa shape index (κ2) is 8.41. The molecule has 162 valence electrons. The van der Waals surface area contributed by atoms with Crippen LogP contribution in [0.25, 0.3) is 11.1 Å². The Balaban J connectivity index is 1.42. The first-order valence-corrected chi connectivity index (χ1v) is 11.9. The molecule has 0 spiro atoms. The van der Waals surface area contributed by atoms with Gasteiger partial charge in [0.15, 0.2) is 11.3 Å². The van der Waals surface area contributed by atoms with E-state index in [-0.39, 0.29) is 17.0 Å². The second-order valence-electron chi connectivity index (χ2n) is 7.94. The van der Waals surface area contributed by atoms with Gasteiger partial charge in [0.1, 0.15) is 12.3 Å². The predicted octanol–water partition coefficient (Wildman–Crippen LogP) is 1.55. The van der Waals surface area contributed by atoms with Crippen molar-refractivity contribution in [1.29, 1.82) is 0 Å². The van der Waals surface area contributed by atoms with Crippen LogP contribution in [0, 0.1) is 0 Å². The van der Waals surface area contributed by atoms with Crippen molar-refractivity contribution in [2.24, 2.45) is 7.05 Å². The highest BCUT2D eigenvalue weighted by molar-refractivity contribution is 7.89. The van der Waals surface area contributed by atoms with E-state index in [1.807, 2.05) is 12.1 Å². The summed E-state index contributed by atoms with van der Waals surface area (Å²) in [6.45, 7) is 4.27. The number of aryl methyl sites for hydroxylation is 1. The Labute approximate surface area is 175 Å². The van der Waals surface area contributed by atoms with E-state index in [1.165, 1.54) is 36.0 Å². The van der Waals surface area contributed by atoms with E-state index >= 15 is 0 Å². The molecule has 3 aromatic rings. The first kappa shape index (κ1) is 20.9. The average Bonchev–Trinajstić information content (AvgIpc) is 3.30.